The van der Waals surface area contributed by atoms with E-state index in [1.165, 1.54) is 11.1 Å². The number of aryl methyl sites for hydroxylation is 2. The Hall–Kier alpha value is -3.45. The zero-order chi connectivity index (χ0) is 27.7. The number of hydrogen-bond donors (Lipinski definition) is 1. The first-order valence-corrected chi connectivity index (χ1v) is 14.2. The third-order valence-electron chi connectivity index (χ3n) is 8.48. The second-order valence-corrected chi connectivity index (χ2v) is 11.8. The zero-order valence-corrected chi connectivity index (χ0v) is 23.9. The van der Waals surface area contributed by atoms with E-state index in [2.05, 4.69) is 81.2 Å². The van der Waals surface area contributed by atoms with Gasteiger partial charge >= 0.3 is 0 Å². The molecule has 0 bridgehead atoms. The predicted octanol–water partition coefficient (Wildman–Crippen LogP) is 4.71. The van der Waals surface area contributed by atoms with Gasteiger partial charge in [0.2, 0.25) is 11.8 Å². The van der Waals surface area contributed by atoms with Gasteiger partial charge in [0.15, 0.2) is 0 Å². The highest BCUT2D eigenvalue weighted by Gasteiger charge is 2.53. The number of hydrogen-bond acceptors (Lipinski definition) is 4. The van der Waals surface area contributed by atoms with Gasteiger partial charge in [-0.05, 0) is 63.6 Å². The lowest BCUT2D eigenvalue weighted by Crippen LogP contribution is -2.72. The molecule has 1 spiro atoms. The maximum absolute atomic E-state index is 13.8. The van der Waals surface area contributed by atoms with Crippen molar-refractivity contribution in [1.29, 1.82) is 0 Å². The van der Waals surface area contributed by atoms with Crippen molar-refractivity contribution in [2.45, 2.75) is 78.6 Å². The summed E-state index contributed by atoms with van der Waals surface area (Å²) in [5.74, 6) is 0.372. The van der Waals surface area contributed by atoms with Gasteiger partial charge in [-0.3, -0.25) is 14.5 Å². The maximum Gasteiger partial charge on any atom is 0.246 e. The highest BCUT2D eigenvalue weighted by atomic mass is 16.2. The Bertz CT molecular complexity index is 1320. The molecule has 2 amide bonds. The number of aromatic nitrogens is 2. The Morgan fingerprint density at radius 3 is 2.26 bits per heavy atom. The number of likely N-dealkylation sites (tertiary alicyclic amines) is 1. The summed E-state index contributed by atoms with van der Waals surface area (Å²) in [5, 5.41) is 7.95. The molecule has 7 heteroatoms. The molecule has 2 saturated heterocycles. The minimum absolute atomic E-state index is 0.00349. The van der Waals surface area contributed by atoms with Crippen LogP contribution in [0, 0.1) is 26.7 Å². The summed E-state index contributed by atoms with van der Waals surface area (Å²) in [6, 6.07) is 18.1. The van der Waals surface area contributed by atoms with Crippen LogP contribution in [0.25, 0.3) is 5.69 Å². The van der Waals surface area contributed by atoms with Gasteiger partial charge in [0, 0.05) is 37.4 Å². The Morgan fingerprint density at radius 1 is 0.949 bits per heavy atom. The fourth-order valence-corrected chi connectivity index (χ4v) is 6.14. The van der Waals surface area contributed by atoms with Crippen molar-refractivity contribution in [3.63, 3.8) is 0 Å². The summed E-state index contributed by atoms with van der Waals surface area (Å²) < 4.78 is 2.02. The Labute approximate surface area is 232 Å². The molecule has 1 atom stereocenters. The van der Waals surface area contributed by atoms with Crippen molar-refractivity contribution in [1.82, 2.24) is 24.9 Å². The van der Waals surface area contributed by atoms with E-state index >= 15 is 0 Å². The number of amides is 2. The summed E-state index contributed by atoms with van der Waals surface area (Å²) >= 11 is 0. The van der Waals surface area contributed by atoms with Crippen LogP contribution in [0.15, 0.2) is 54.6 Å². The molecule has 1 aromatic heterocycles. The molecule has 39 heavy (non-hydrogen) atoms. The molecular weight excluding hydrogens is 486 g/mol. The van der Waals surface area contributed by atoms with Crippen LogP contribution >= 0.6 is 0 Å². The molecule has 0 radical (unpaired) electrons. The van der Waals surface area contributed by atoms with Crippen molar-refractivity contribution < 1.29 is 9.59 Å². The number of rotatable bonds is 7. The molecule has 1 N–H and O–H groups in total. The highest BCUT2D eigenvalue weighted by molar-refractivity contribution is 6.00. The summed E-state index contributed by atoms with van der Waals surface area (Å²) in [6.45, 7) is 13.2. The fraction of sp³-hybridized carbons (Fsp3) is 0.469. The van der Waals surface area contributed by atoms with Crippen molar-refractivity contribution >= 4 is 11.8 Å². The number of nitrogens with zero attached hydrogens (tertiary/aromatic N) is 4. The predicted molar refractivity (Wildman–Crippen MR) is 153 cm³/mol. The molecule has 7 nitrogen and oxygen atoms in total. The summed E-state index contributed by atoms with van der Waals surface area (Å²) in [6.07, 6.45) is 1.90. The topological polar surface area (TPSA) is 70.5 Å². The van der Waals surface area contributed by atoms with Crippen molar-refractivity contribution in [3.05, 3.63) is 82.7 Å². The first-order valence-electron chi connectivity index (χ1n) is 14.2. The van der Waals surface area contributed by atoms with E-state index in [0.29, 0.717) is 31.7 Å². The normalized spacial score (nSPS) is 19.6. The van der Waals surface area contributed by atoms with Gasteiger partial charge in [0.25, 0.3) is 0 Å². The molecule has 206 valence electrons. The molecule has 3 heterocycles. The second kappa shape index (κ2) is 11.0. The van der Waals surface area contributed by atoms with Gasteiger partial charge < -0.3 is 10.2 Å². The molecule has 5 rings (SSSR count). The van der Waals surface area contributed by atoms with Gasteiger partial charge in [-0.25, -0.2) is 4.68 Å². The van der Waals surface area contributed by atoms with Crippen LogP contribution in [0.1, 0.15) is 61.2 Å². The second-order valence-electron chi connectivity index (χ2n) is 11.8. The lowest BCUT2D eigenvalue weighted by molar-refractivity contribution is -0.162. The van der Waals surface area contributed by atoms with Crippen LogP contribution in [0.2, 0.25) is 0 Å². The molecular formula is C32H41N5O2. The largest absolute Gasteiger partial charge is 0.342 e. The van der Waals surface area contributed by atoms with Gasteiger partial charge in [-0.15, -0.1) is 0 Å². The van der Waals surface area contributed by atoms with E-state index in [4.69, 9.17) is 5.10 Å². The summed E-state index contributed by atoms with van der Waals surface area (Å²) in [4.78, 5) is 31.9. The lowest BCUT2D eigenvalue weighted by atomic mass is 9.80. The minimum Gasteiger partial charge on any atom is -0.342 e. The molecule has 1 unspecified atom stereocenters. The average molecular weight is 528 g/mol. The van der Waals surface area contributed by atoms with Crippen LogP contribution in [-0.4, -0.2) is 56.1 Å². The molecule has 0 saturated carbocycles. The van der Waals surface area contributed by atoms with E-state index in [9.17, 15) is 9.59 Å². The lowest BCUT2D eigenvalue weighted by Gasteiger charge is -2.52. The van der Waals surface area contributed by atoms with E-state index in [1.807, 2.05) is 27.8 Å². The quantitative estimate of drug-likeness (QED) is 0.483. The number of piperazine rings is 1. The minimum atomic E-state index is -0.815. The molecule has 2 aromatic carbocycles. The SMILES string of the molecule is Cc1ccc(CN2C(=O)C(CC(C)C)NC(=O)C23CCN(Cc2c(C)nn(-c4ccccc4)c2C)CC3)cc1. The number of para-hydroxylation sites is 1. The fourth-order valence-electron chi connectivity index (χ4n) is 6.14. The zero-order valence-electron chi connectivity index (χ0n) is 23.9. The van der Waals surface area contributed by atoms with Crippen LogP contribution in [0.3, 0.4) is 0 Å². The van der Waals surface area contributed by atoms with Gasteiger partial charge in [-0.1, -0.05) is 61.9 Å². The number of carbonyl (C=O) groups excluding carboxylic acids is 2. The number of carbonyl (C=O) groups is 2. The molecule has 0 aliphatic carbocycles. The third kappa shape index (κ3) is 5.37. The molecule has 2 aliphatic heterocycles. The maximum atomic E-state index is 13.8. The van der Waals surface area contributed by atoms with Gasteiger partial charge in [-0.2, -0.15) is 5.10 Å². The van der Waals surface area contributed by atoms with Crippen molar-refractivity contribution in [2.24, 2.45) is 5.92 Å². The number of piperidine rings is 1. The van der Waals surface area contributed by atoms with Crippen molar-refractivity contribution in [3.8, 4) is 5.69 Å². The van der Waals surface area contributed by atoms with E-state index < -0.39 is 11.6 Å². The van der Waals surface area contributed by atoms with Crippen LogP contribution in [0.4, 0.5) is 0 Å². The van der Waals surface area contributed by atoms with Crippen LogP contribution in [0.5, 0.6) is 0 Å². The third-order valence-corrected chi connectivity index (χ3v) is 8.48. The monoisotopic (exact) mass is 527 g/mol. The Balaban J connectivity index is 1.36. The average Bonchev–Trinajstić information content (AvgIpc) is 3.20. The molecule has 2 fully saturated rings. The summed E-state index contributed by atoms with van der Waals surface area (Å²) in [5.41, 5.74) is 5.89. The highest BCUT2D eigenvalue weighted by Crippen LogP contribution is 2.36. The number of benzene rings is 2. The Kier molecular flexibility index (Phi) is 7.63. The van der Waals surface area contributed by atoms with Gasteiger partial charge in [0.05, 0.1) is 11.4 Å². The molecule has 2 aliphatic rings. The first-order chi connectivity index (χ1) is 18.7. The standard InChI is InChI=1S/C32H41N5O2/c1-22(2)19-29-30(38)36(20-26-13-11-23(3)12-14-26)32(31(39)33-29)15-17-35(18-16-32)21-28-24(4)34-37(25(28)5)27-9-7-6-8-10-27/h6-14,22,29H,15-21H2,1-5H3,(H,33,39). The number of nitrogens with one attached hydrogen (secondary N) is 1. The van der Waals surface area contributed by atoms with Gasteiger partial charge in [0.1, 0.15) is 11.6 Å². The Morgan fingerprint density at radius 2 is 1.62 bits per heavy atom. The smallest absolute Gasteiger partial charge is 0.246 e. The van der Waals surface area contributed by atoms with Crippen molar-refractivity contribution in [2.75, 3.05) is 13.1 Å². The first kappa shape index (κ1) is 27.1. The van der Waals surface area contributed by atoms with Crippen LogP contribution < -0.4 is 5.32 Å². The molecule has 3 aromatic rings. The van der Waals surface area contributed by atoms with E-state index in [-0.39, 0.29) is 11.8 Å². The van der Waals surface area contributed by atoms with E-state index in [1.54, 1.807) is 0 Å². The summed E-state index contributed by atoms with van der Waals surface area (Å²) in [7, 11) is 0. The van der Waals surface area contributed by atoms with Crippen LogP contribution in [-0.2, 0) is 22.7 Å². The van der Waals surface area contributed by atoms with E-state index in [0.717, 1.165) is 42.3 Å².